The Morgan fingerprint density at radius 3 is 2.82 bits per heavy atom. The van der Waals surface area contributed by atoms with E-state index in [1.165, 1.54) is 5.56 Å². The lowest BCUT2D eigenvalue weighted by atomic mass is 9.77. The maximum absolute atomic E-state index is 11.2. The highest BCUT2D eigenvalue weighted by Gasteiger charge is 2.38. The number of rotatable bonds is 2. The van der Waals surface area contributed by atoms with E-state index in [0.717, 1.165) is 17.7 Å². The number of hydrogen-bond donors (Lipinski definition) is 2. The average Bonchev–Trinajstić information content (AvgIpc) is 3.04. The fraction of sp³-hybridized carbons (Fsp3) is 0.222. The van der Waals surface area contributed by atoms with Crippen molar-refractivity contribution < 1.29 is 9.90 Å². The van der Waals surface area contributed by atoms with Gasteiger partial charge in [-0.05, 0) is 53.8 Å². The number of anilines is 1. The van der Waals surface area contributed by atoms with Crippen LogP contribution in [0.1, 0.15) is 39.9 Å². The highest BCUT2D eigenvalue weighted by Crippen LogP contribution is 2.49. The zero-order valence-electron chi connectivity index (χ0n) is 11.9. The normalized spacial score (nSPS) is 25.2. The number of aromatic carboxylic acids is 1. The van der Waals surface area contributed by atoms with E-state index in [1.54, 1.807) is 12.1 Å². The molecule has 0 fully saturated rings. The summed E-state index contributed by atoms with van der Waals surface area (Å²) in [6, 6.07) is 9.67. The largest absolute Gasteiger partial charge is 0.478 e. The number of hydrogen-bond acceptors (Lipinski definition) is 3. The van der Waals surface area contributed by atoms with Gasteiger partial charge in [0.1, 0.15) is 0 Å². The zero-order valence-corrected chi connectivity index (χ0v) is 11.9. The number of nitrogens with one attached hydrogen (secondary N) is 1. The molecule has 0 amide bonds. The lowest BCUT2D eigenvalue weighted by Gasteiger charge is -2.37. The van der Waals surface area contributed by atoms with Crippen molar-refractivity contribution in [3.8, 4) is 0 Å². The molecule has 2 N–H and O–H groups in total. The Balaban J connectivity index is 1.79. The van der Waals surface area contributed by atoms with Crippen LogP contribution in [0, 0.1) is 5.92 Å². The van der Waals surface area contributed by atoms with Gasteiger partial charge in [-0.1, -0.05) is 12.2 Å². The quantitative estimate of drug-likeness (QED) is 0.830. The Morgan fingerprint density at radius 2 is 2.05 bits per heavy atom. The third-order valence-electron chi connectivity index (χ3n) is 4.67. The lowest BCUT2D eigenvalue weighted by Crippen LogP contribution is -2.29. The number of fused-ring (bicyclic) bond motifs is 3. The van der Waals surface area contributed by atoms with E-state index in [0.29, 0.717) is 11.5 Å². The molecule has 1 aromatic heterocycles. The fourth-order valence-corrected chi connectivity index (χ4v) is 3.63. The third kappa shape index (κ3) is 1.99. The van der Waals surface area contributed by atoms with Gasteiger partial charge in [0.05, 0.1) is 11.6 Å². The SMILES string of the molecule is O=C(O)c1ccc2c(c1)[C@@H]1C=CC[C@H]1[C@H](c1ccncc1)N2. The summed E-state index contributed by atoms with van der Waals surface area (Å²) in [4.78, 5) is 15.3. The minimum Gasteiger partial charge on any atom is -0.478 e. The Labute approximate surface area is 128 Å². The minimum absolute atomic E-state index is 0.228. The number of aromatic nitrogens is 1. The molecule has 1 aliphatic heterocycles. The lowest BCUT2D eigenvalue weighted by molar-refractivity contribution is 0.0696. The van der Waals surface area contributed by atoms with E-state index < -0.39 is 5.97 Å². The second-order valence-electron chi connectivity index (χ2n) is 5.86. The van der Waals surface area contributed by atoms with Crippen molar-refractivity contribution in [3.63, 3.8) is 0 Å². The van der Waals surface area contributed by atoms with Crippen molar-refractivity contribution in [2.75, 3.05) is 5.32 Å². The number of nitrogens with zero attached hydrogens (tertiary/aromatic N) is 1. The molecular formula is C18H16N2O2. The zero-order chi connectivity index (χ0) is 15.1. The van der Waals surface area contributed by atoms with Crippen molar-refractivity contribution in [2.24, 2.45) is 5.92 Å². The Bertz CT molecular complexity index is 755. The molecule has 0 radical (unpaired) electrons. The minimum atomic E-state index is -0.877. The molecule has 0 saturated heterocycles. The van der Waals surface area contributed by atoms with Crippen LogP contribution in [-0.2, 0) is 0 Å². The maximum Gasteiger partial charge on any atom is 0.335 e. The molecule has 0 unspecified atom stereocenters. The van der Waals surface area contributed by atoms with Crippen LogP contribution in [0.25, 0.3) is 0 Å². The number of carboxylic acids is 1. The summed E-state index contributed by atoms with van der Waals surface area (Å²) >= 11 is 0. The molecule has 4 heteroatoms. The summed E-state index contributed by atoms with van der Waals surface area (Å²) < 4.78 is 0. The first-order valence-corrected chi connectivity index (χ1v) is 7.44. The van der Waals surface area contributed by atoms with Crippen LogP contribution in [0.15, 0.2) is 54.9 Å². The Kier molecular flexibility index (Phi) is 2.96. The number of carbonyl (C=O) groups is 1. The van der Waals surface area contributed by atoms with E-state index in [1.807, 2.05) is 30.6 Å². The van der Waals surface area contributed by atoms with Gasteiger partial charge >= 0.3 is 5.97 Å². The summed E-state index contributed by atoms with van der Waals surface area (Å²) in [6.45, 7) is 0. The van der Waals surface area contributed by atoms with Crippen LogP contribution >= 0.6 is 0 Å². The van der Waals surface area contributed by atoms with Crippen LogP contribution in [0.2, 0.25) is 0 Å². The van der Waals surface area contributed by atoms with Crippen LogP contribution in [0.4, 0.5) is 5.69 Å². The third-order valence-corrected chi connectivity index (χ3v) is 4.67. The second kappa shape index (κ2) is 4.98. The van der Waals surface area contributed by atoms with Crippen molar-refractivity contribution in [1.82, 2.24) is 4.98 Å². The van der Waals surface area contributed by atoms with Gasteiger partial charge in [-0.2, -0.15) is 0 Å². The molecule has 2 heterocycles. The summed E-state index contributed by atoms with van der Waals surface area (Å²) in [6.07, 6.45) is 9.05. The van der Waals surface area contributed by atoms with E-state index in [4.69, 9.17) is 0 Å². The molecule has 4 rings (SSSR count). The van der Waals surface area contributed by atoms with Gasteiger partial charge in [0, 0.05) is 24.0 Å². The highest BCUT2D eigenvalue weighted by molar-refractivity contribution is 5.89. The van der Waals surface area contributed by atoms with Gasteiger partial charge in [0.25, 0.3) is 0 Å². The number of allylic oxidation sites excluding steroid dienone is 2. The standard InChI is InChI=1S/C18H16N2O2/c21-18(22)12-4-5-16-15(10-12)13-2-1-3-14(13)17(20-16)11-6-8-19-9-7-11/h1-2,4-10,13-14,17,20H,3H2,(H,21,22)/t13-,14-,17+/m1/s1. The fourth-order valence-electron chi connectivity index (χ4n) is 3.63. The van der Waals surface area contributed by atoms with Gasteiger partial charge in [0.2, 0.25) is 0 Å². The van der Waals surface area contributed by atoms with Crippen LogP contribution in [0.3, 0.4) is 0 Å². The molecule has 1 aliphatic carbocycles. The van der Waals surface area contributed by atoms with E-state index >= 15 is 0 Å². The average molecular weight is 292 g/mol. The van der Waals surface area contributed by atoms with Gasteiger partial charge in [0.15, 0.2) is 0 Å². The number of carboxylic acid groups (broad SMARTS) is 1. The van der Waals surface area contributed by atoms with Gasteiger partial charge in [-0.15, -0.1) is 0 Å². The topological polar surface area (TPSA) is 62.2 Å². The molecule has 3 atom stereocenters. The summed E-state index contributed by atoms with van der Waals surface area (Å²) in [5.74, 6) is -0.190. The Hall–Kier alpha value is -2.62. The van der Waals surface area contributed by atoms with Crippen LogP contribution in [-0.4, -0.2) is 16.1 Å². The van der Waals surface area contributed by atoms with Gasteiger partial charge in [-0.25, -0.2) is 4.79 Å². The first-order chi connectivity index (χ1) is 10.7. The highest BCUT2D eigenvalue weighted by atomic mass is 16.4. The van der Waals surface area contributed by atoms with Gasteiger partial charge in [-0.3, -0.25) is 4.98 Å². The van der Waals surface area contributed by atoms with E-state index in [-0.39, 0.29) is 12.0 Å². The molecule has 0 spiro atoms. The monoisotopic (exact) mass is 292 g/mol. The molecule has 4 nitrogen and oxygen atoms in total. The Morgan fingerprint density at radius 1 is 1.23 bits per heavy atom. The van der Waals surface area contributed by atoms with Gasteiger partial charge < -0.3 is 10.4 Å². The molecule has 0 saturated carbocycles. The van der Waals surface area contributed by atoms with Crippen LogP contribution in [0.5, 0.6) is 0 Å². The molecule has 1 aromatic carbocycles. The molecule has 22 heavy (non-hydrogen) atoms. The van der Waals surface area contributed by atoms with Crippen LogP contribution < -0.4 is 5.32 Å². The summed E-state index contributed by atoms with van der Waals surface area (Å²) in [5.41, 5.74) is 3.69. The molecule has 0 bridgehead atoms. The first kappa shape index (κ1) is 13.1. The number of pyridine rings is 1. The smallest absolute Gasteiger partial charge is 0.335 e. The maximum atomic E-state index is 11.2. The summed E-state index contributed by atoms with van der Waals surface area (Å²) in [7, 11) is 0. The van der Waals surface area contributed by atoms with Crippen molar-refractivity contribution in [2.45, 2.75) is 18.4 Å². The molecule has 110 valence electrons. The van der Waals surface area contributed by atoms with Crippen molar-refractivity contribution in [3.05, 3.63) is 71.6 Å². The van der Waals surface area contributed by atoms with E-state index in [9.17, 15) is 9.90 Å². The molecule has 2 aliphatic rings. The van der Waals surface area contributed by atoms with Crippen molar-refractivity contribution in [1.29, 1.82) is 0 Å². The molecular weight excluding hydrogens is 276 g/mol. The predicted molar refractivity (Wildman–Crippen MR) is 84.0 cm³/mol. The molecule has 2 aromatic rings. The number of benzene rings is 1. The van der Waals surface area contributed by atoms with Crippen molar-refractivity contribution >= 4 is 11.7 Å². The summed E-state index contributed by atoms with van der Waals surface area (Å²) in [5, 5.41) is 12.8. The second-order valence-corrected chi connectivity index (χ2v) is 5.86. The van der Waals surface area contributed by atoms with E-state index in [2.05, 4.69) is 22.5 Å². The predicted octanol–water partition coefficient (Wildman–Crippen LogP) is 3.61. The first-order valence-electron chi connectivity index (χ1n) is 7.44.